The number of hydrogen-bond acceptors (Lipinski definition) is 5. The van der Waals surface area contributed by atoms with E-state index in [0.717, 1.165) is 22.9 Å². The summed E-state index contributed by atoms with van der Waals surface area (Å²) in [6.45, 7) is 6.14. The topological polar surface area (TPSA) is 110 Å². The number of methoxy groups -OCH3 is 1. The van der Waals surface area contributed by atoms with Gasteiger partial charge in [0.1, 0.15) is 5.75 Å². The Morgan fingerprint density at radius 2 is 1.63 bits per heavy atom. The summed E-state index contributed by atoms with van der Waals surface area (Å²) in [5, 5.41) is 0. The molecule has 0 bridgehead atoms. The monoisotopic (exact) mass is 547 g/mol. The number of aromatic amines is 1. The van der Waals surface area contributed by atoms with Gasteiger partial charge in [0.15, 0.2) is 0 Å². The molecule has 11 heteroatoms. The summed E-state index contributed by atoms with van der Waals surface area (Å²) < 4.78 is 32.3. The summed E-state index contributed by atoms with van der Waals surface area (Å²) in [6.07, 6.45) is 6.28. The standard InChI is InChI=1S/C24H27N3O5S.2K/c1-24(2,3)20-15-19(27-13-12-21(28)25-23(27)29)14-17(22(20)32-4)9-6-16-7-10-18(11-8-16)26-33(5,30)31;;/h6-15,26H,1-5H3,(H,25,28,29);;. The van der Waals surface area contributed by atoms with Crippen LogP contribution in [0.2, 0.25) is 0 Å². The Bertz CT molecular complexity index is 1420. The van der Waals surface area contributed by atoms with Crippen LogP contribution in [0.3, 0.4) is 0 Å². The minimum atomic E-state index is -3.34. The number of nitrogens with one attached hydrogen (secondary N) is 2. The van der Waals surface area contributed by atoms with Gasteiger partial charge in [-0.15, -0.1) is 0 Å². The molecule has 3 rings (SSSR count). The summed E-state index contributed by atoms with van der Waals surface area (Å²) in [7, 11) is -1.75. The van der Waals surface area contributed by atoms with E-state index in [9.17, 15) is 18.0 Å². The molecule has 0 aliphatic heterocycles. The fourth-order valence-electron chi connectivity index (χ4n) is 3.37. The molecule has 1 aromatic heterocycles. The molecule has 2 aromatic carbocycles. The molecule has 2 N–H and O–H groups in total. The number of benzene rings is 2. The molecule has 1 heterocycles. The van der Waals surface area contributed by atoms with E-state index in [1.165, 1.54) is 16.8 Å². The second-order valence-corrected chi connectivity index (χ2v) is 10.4. The second-order valence-electron chi connectivity index (χ2n) is 8.68. The van der Waals surface area contributed by atoms with Crippen molar-refractivity contribution in [3.63, 3.8) is 0 Å². The summed E-state index contributed by atoms with van der Waals surface area (Å²) in [5.41, 5.74) is 2.28. The van der Waals surface area contributed by atoms with Crippen LogP contribution in [0.1, 0.15) is 37.5 Å². The molecule has 0 saturated heterocycles. The summed E-state index contributed by atoms with van der Waals surface area (Å²) in [5.74, 6) is 0.676. The fraction of sp³-hybridized carbons (Fsp3) is 0.250. The van der Waals surface area contributed by atoms with Crippen molar-refractivity contribution in [1.29, 1.82) is 0 Å². The minimum Gasteiger partial charge on any atom is -0.496 e. The maximum atomic E-state index is 12.4. The number of H-pyrrole nitrogens is 1. The quantitative estimate of drug-likeness (QED) is 0.364. The third-order valence-corrected chi connectivity index (χ3v) is 5.49. The van der Waals surface area contributed by atoms with E-state index in [1.807, 2.05) is 45.1 Å². The Morgan fingerprint density at radius 1 is 1.00 bits per heavy atom. The molecule has 0 unspecified atom stereocenters. The number of aromatic nitrogens is 2. The van der Waals surface area contributed by atoms with Gasteiger partial charge >= 0.3 is 5.69 Å². The Morgan fingerprint density at radius 3 is 2.14 bits per heavy atom. The predicted octanol–water partition coefficient (Wildman–Crippen LogP) is 2.61. The third-order valence-electron chi connectivity index (χ3n) is 4.89. The maximum Gasteiger partial charge on any atom is 0.332 e. The van der Waals surface area contributed by atoms with Crippen molar-refractivity contribution in [3.05, 3.63) is 86.2 Å². The van der Waals surface area contributed by atoms with Gasteiger partial charge in [-0.05, 0) is 35.2 Å². The van der Waals surface area contributed by atoms with E-state index in [2.05, 4.69) is 9.71 Å². The molecule has 0 spiro atoms. The first-order valence-corrected chi connectivity index (χ1v) is 12.1. The van der Waals surface area contributed by atoms with Crippen molar-refractivity contribution in [2.75, 3.05) is 18.1 Å². The predicted molar refractivity (Wildman–Crippen MR) is 143 cm³/mol. The molecule has 8 nitrogen and oxygen atoms in total. The number of rotatable bonds is 6. The average molecular weight is 548 g/mol. The van der Waals surface area contributed by atoms with Crippen LogP contribution in [0.5, 0.6) is 5.75 Å². The summed E-state index contributed by atoms with van der Waals surface area (Å²) in [6, 6.07) is 11.9. The van der Waals surface area contributed by atoms with Gasteiger partial charge in [-0.2, -0.15) is 0 Å². The van der Waals surface area contributed by atoms with Gasteiger partial charge < -0.3 is 4.74 Å². The molecule has 35 heavy (non-hydrogen) atoms. The molecule has 0 aliphatic carbocycles. The van der Waals surface area contributed by atoms with E-state index < -0.39 is 21.3 Å². The Kier molecular flexibility index (Phi) is 12.6. The summed E-state index contributed by atoms with van der Waals surface area (Å²) in [4.78, 5) is 26.2. The van der Waals surface area contributed by atoms with Gasteiger partial charge in [-0.25, -0.2) is 13.2 Å². The van der Waals surface area contributed by atoms with Gasteiger partial charge in [0.05, 0.1) is 19.1 Å². The first-order chi connectivity index (χ1) is 15.4. The van der Waals surface area contributed by atoms with Crippen LogP contribution in [0, 0.1) is 0 Å². The number of ether oxygens (including phenoxy) is 1. The molecule has 0 amide bonds. The second kappa shape index (κ2) is 13.5. The molecule has 0 fully saturated rings. The van der Waals surface area contributed by atoms with Crippen molar-refractivity contribution in [3.8, 4) is 11.4 Å². The number of hydrogen-bond donors (Lipinski definition) is 2. The zero-order chi connectivity index (χ0) is 24.4. The molecule has 3 aromatic rings. The van der Waals surface area contributed by atoms with Crippen LogP contribution in [-0.4, -0.2) is 134 Å². The van der Waals surface area contributed by atoms with Gasteiger partial charge in [0.25, 0.3) is 5.56 Å². The molecule has 2 radical (unpaired) electrons. The van der Waals surface area contributed by atoms with Crippen molar-refractivity contribution >= 4 is 131 Å². The molecule has 176 valence electrons. The number of anilines is 1. The SMILES string of the molecule is COc1c(C=Cc2ccc(NS(C)(=O)=O)cc2)cc(-n2ccc(=O)[nH]c2=O)cc1C(C)(C)C.[K].[K]. The fourth-order valence-corrected chi connectivity index (χ4v) is 3.93. The Labute approximate surface area is 290 Å². The Balaban J connectivity index is 0.00000306. The van der Waals surface area contributed by atoms with Crippen LogP contribution in [0.15, 0.2) is 58.3 Å². The molecule has 0 atom stereocenters. The van der Waals surface area contributed by atoms with Crippen LogP contribution < -0.4 is 20.7 Å². The zero-order valence-corrected chi connectivity index (χ0v) is 28.2. The maximum absolute atomic E-state index is 12.4. The van der Waals surface area contributed by atoms with Crippen LogP contribution >= 0.6 is 0 Å². The van der Waals surface area contributed by atoms with Crippen molar-refractivity contribution in [2.24, 2.45) is 0 Å². The van der Waals surface area contributed by atoms with E-state index in [1.54, 1.807) is 31.4 Å². The molecule has 0 saturated carbocycles. The summed E-state index contributed by atoms with van der Waals surface area (Å²) >= 11 is 0. The van der Waals surface area contributed by atoms with Crippen molar-refractivity contribution in [2.45, 2.75) is 26.2 Å². The van der Waals surface area contributed by atoms with E-state index >= 15 is 0 Å². The van der Waals surface area contributed by atoms with E-state index in [0.29, 0.717) is 17.1 Å². The smallest absolute Gasteiger partial charge is 0.332 e. The minimum absolute atomic E-state index is 0. The van der Waals surface area contributed by atoms with Gasteiger partial charge in [0, 0.05) is 132 Å². The largest absolute Gasteiger partial charge is 0.496 e. The first kappa shape index (κ1) is 32.7. The van der Waals surface area contributed by atoms with E-state index in [4.69, 9.17) is 4.74 Å². The average Bonchev–Trinajstić information content (AvgIpc) is 2.71. The van der Waals surface area contributed by atoms with Gasteiger partial charge in [-0.3, -0.25) is 19.1 Å². The first-order valence-electron chi connectivity index (χ1n) is 10.2. The van der Waals surface area contributed by atoms with Crippen LogP contribution in [0.4, 0.5) is 5.69 Å². The van der Waals surface area contributed by atoms with Crippen LogP contribution in [0.25, 0.3) is 17.8 Å². The molecular formula is C24H27K2N3O5S. The number of sulfonamides is 1. The van der Waals surface area contributed by atoms with Gasteiger partial charge in [-0.1, -0.05) is 45.1 Å². The van der Waals surface area contributed by atoms with Gasteiger partial charge in [0.2, 0.25) is 10.0 Å². The Hall–Kier alpha value is -0.317. The van der Waals surface area contributed by atoms with E-state index in [-0.39, 0.29) is 108 Å². The molecule has 0 aliphatic rings. The molecular weight excluding hydrogens is 521 g/mol. The third kappa shape index (κ3) is 9.18. The van der Waals surface area contributed by atoms with Crippen molar-refractivity contribution < 1.29 is 13.2 Å². The number of nitrogens with zero attached hydrogens (tertiary/aromatic N) is 1. The van der Waals surface area contributed by atoms with Crippen LogP contribution in [-0.2, 0) is 15.4 Å². The zero-order valence-electron chi connectivity index (χ0n) is 21.2. The normalized spacial score (nSPS) is 11.5. The van der Waals surface area contributed by atoms with Crippen molar-refractivity contribution in [1.82, 2.24) is 9.55 Å².